The summed E-state index contributed by atoms with van der Waals surface area (Å²) in [6, 6.07) is 8.96. The number of hydrogen-bond acceptors (Lipinski definition) is 6. The van der Waals surface area contributed by atoms with Gasteiger partial charge in [0.1, 0.15) is 6.04 Å². The van der Waals surface area contributed by atoms with Crippen LogP contribution in [0.5, 0.6) is 0 Å². The van der Waals surface area contributed by atoms with Gasteiger partial charge in [0.15, 0.2) is 5.13 Å². The van der Waals surface area contributed by atoms with E-state index >= 15 is 0 Å². The lowest BCUT2D eigenvalue weighted by Crippen LogP contribution is -2.47. The second-order valence-corrected chi connectivity index (χ2v) is 10.6. The van der Waals surface area contributed by atoms with Crippen LogP contribution in [0.2, 0.25) is 0 Å². The number of carbonyl (C=O) groups excluding carboxylic acids is 1. The van der Waals surface area contributed by atoms with Crippen molar-refractivity contribution in [2.24, 2.45) is 0 Å². The zero-order valence-corrected chi connectivity index (χ0v) is 18.8. The lowest BCUT2D eigenvalue weighted by Gasteiger charge is -2.27. The number of amides is 1. The van der Waals surface area contributed by atoms with E-state index in [1.165, 1.54) is 15.6 Å². The molecule has 0 aliphatic carbocycles. The molecule has 3 heterocycles. The summed E-state index contributed by atoms with van der Waals surface area (Å²) in [6.45, 7) is 4.65. The van der Waals surface area contributed by atoms with Crippen molar-refractivity contribution in [1.82, 2.24) is 14.3 Å². The fourth-order valence-electron chi connectivity index (χ4n) is 3.93. The molecule has 1 aliphatic heterocycles. The molecule has 7 nitrogen and oxygen atoms in total. The highest BCUT2D eigenvalue weighted by molar-refractivity contribution is 7.88. The minimum atomic E-state index is -3.47. The molecular formula is C21H24N4O3S2. The van der Waals surface area contributed by atoms with E-state index in [1.807, 2.05) is 32.0 Å². The van der Waals surface area contributed by atoms with Crippen molar-refractivity contribution in [3.8, 4) is 0 Å². The molecule has 1 unspecified atom stereocenters. The van der Waals surface area contributed by atoms with Crippen LogP contribution in [-0.2, 0) is 21.4 Å². The van der Waals surface area contributed by atoms with Crippen LogP contribution in [0.25, 0.3) is 10.2 Å². The van der Waals surface area contributed by atoms with E-state index in [-0.39, 0.29) is 12.5 Å². The van der Waals surface area contributed by atoms with Crippen LogP contribution < -0.4 is 4.90 Å². The second-order valence-electron chi connectivity index (χ2n) is 7.70. The minimum absolute atomic E-state index is 0.242. The molecule has 0 bridgehead atoms. The molecule has 30 heavy (non-hydrogen) atoms. The number of aromatic nitrogens is 2. The normalized spacial score (nSPS) is 17.5. The summed E-state index contributed by atoms with van der Waals surface area (Å²) in [4.78, 5) is 24.3. The first-order valence-electron chi connectivity index (χ1n) is 9.80. The molecule has 1 atom stereocenters. The number of pyridine rings is 1. The maximum atomic E-state index is 13.6. The van der Waals surface area contributed by atoms with Gasteiger partial charge >= 0.3 is 0 Å². The Morgan fingerprint density at radius 2 is 2.10 bits per heavy atom. The van der Waals surface area contributed by atoms with E-state index in [0.29, 0.717) is 24.5 Å². The Morgan fingerprint density at radius 3 is 2.80 bits per heavy atom. The van der Waals surface area contributed by atoms with Crippen molar-refractivity contribution in [3.63, 3.8) is 0 Å². The number of fused-ring (bicyclic) bond motifs is 1. The molecule has 0 saturated carbocycles. The molecule has 0 radical (unpaired) electrons. The van der Waals surface area contributed by atoms with Gasteiger partial charge in [0.2, 0.25) is 15.9 Å². The zero-order chi connectivity index (χ0) is 21.5. The van der Waals surface area contributed by atoms with E-state index in [2.05, 4.69) is 17.1 Å². The summed E-state index contributed by atoms with van der Waals surface area (Å²) in [5.41, 5.74) is 3.78. The van der Waals surface area contributed by atoms with Crippen LogP contribution in [-0.4, -0.2) is 47.4 Å². The Labute approximate surface area is 180 Å². The molecular weight excluding hydrogens is 420 g/mol. The third kappa shape index (κ3) is 4.10. The van der Waals surface area contributed by atoms with Crippen molar-refractivity contribution in [2.45, 2.75) is 39.3 Å². The molecule has 158 valence electrons. The fourth-order valence-corrected chi connectivity index (χ4v) is 6.20. The first-order chi connectivity index (χ1) is 14.2. The molecule has 1 saturated heterocycles. The van der Waals surface area contributed by atoms with Gasteiger partial charge in [0, 0.05) is 12.7 Å². The Bertz CT molecular complexity index is 1190. The SMILES string of the molecule is Cc1cc(C)c2nc(N(Cc3ccccn3)C(=O)C3CCCN3S(C)(=O)=O)sc2c1. The monoisotopic (exact) mass is 444 g/mol. The van der Waals surface area contributed by atoms with Gasteiger partial charge in [-0.2, -0.15) is 4.31 Å². The second kappa shape index (κ2) is 8.05. The topological polar surface area (TPSA) is 83.5 Å². The van der Waals surface area contributed by atoms with Crippen molar-refractivity contribution in [3.05, 3.63) is 53.3 Å². The third-order valence-electron chi connectivity index (χ3n) is 5.28. The number of anilines is 1. The van der Waals surface area contributed by atoms with Crippen LogP contribution >= 0.6 is 11.3 Å². The average Bonchev–Trinajstić information content (AvgIpc) is 3.33. The summed E-state index contributed by atoms with van der Waals surface area (Å²) in [6.07, 6.45) is 4.01. The van der Waals surface area contributed by atoms with Crippen LogP contribution in [0.3, 0.4) is 0 Å². The van der Waals surface area contributed by atoms with Crippen molar-refractivity contribution in [2.75, 3.05) is 17.7 Å². The Hall–Kier alpha value is -2.36. The molecule has 4 rings (SSSR count). The van der Waals surface area contributed by atoms with Crippen LogP contribution in [0.1, 0.15) is 29.7 Å². The summed E-state index contributed by atoms with van der Waals surface area (Å²) < 4.78 is 26.8. The van der Waals surface area contributed by atoms with Gasteiger partial charge in [0.25, 0.3) is 0 Å². The predicted molar refractivity (Wildman–Crippen MR) is 119 cm³/mol. The third-order valence-corrected chi connectivity index (χ3v) is 7.59. The smallest absolute Gasteiger partial charge is 0.247 e. The lowest BCUT2D eigenvalue weighted by atomic mass is 10.1. The largest absolute Gasteiger partial charge is 0.281 e. The van der Waals surface area contributed by atoms with E-state index in [4.69, 9.17) is 4.98 Å². The average molecular weight is 445 g/mol. The molecule has 1 fully saturated rings. The van der Waals surface area contributed by atoms with Crippen LogP contribution in [0, 0.1) is 13.8 Å². The predicted octanol–water partition coefficient (Wildman–Crippen LogP) is 3.27. The molecule has 3 aromatic rings. The van der Waals surface area contributed by atoms with Gasteiger partial charge in [-0.15, -0.1) is 0 Å². The molecule has 1 aromatic carbocycles. The molecule has 0 N–H and O–H groups in total. The quantitative estimate of drug-likeness (QED) is 0.603. The van der Waals surface area contributed by atoms with Crippen LogP contribution in [0.4, 0.5) is 5.13 Å². The fraction of sp³-hybridized carbons (Fsp3) is 0.381. The first kappa shape index (κ1) is 20.9. The van der Waals surface area contributed by atoms with E-state index < -0.39 is 16.1 Å². The summed E-state index contributed by atoms with van der Waals surface area (Å²) in [7, 11) is -3.47. The summed E-state index contributed by atoms with van der Waals surface area (Å²) in [5, 5.41) is 0.565. The van der Waals surface area contributed by atoms with Crippen LogP contribution in [0.15, 0.2) is 36.5 Å². The Kier molecular flexibility index (Phi) is 5.61. The van der Waals surface area contributed by atoms with Crippen molar-refractivity contribution >= 4 is 42.6 Å². The summed E-state index contributed by atoms with van der Waals surface area (Å²) in [5.74, 6) is -0.253. The van der Waals surface area contributed by atoms with Gasteiger partial charge in [-0.1, -0.05) is 23.5 Å². The van der Waals surface area contributed by atoms with E-state index in [0.717, 1.165) is 33.3 Å². The van der Waals surface area contributed by atoms with E-state index in [9.17, 15) is 13.2 Å². The first-order valence-corrected chi connectivity index (χ1v) is 12.5. The molecule has 0 spiro atoms. The number of sulfonamides is 1. The Balaban J connectivity index is 1.77. The van der Waals surface area contributed by atoms with Gasteiger partial charge in [-0.25, -0.2) is 13.4 Å². The molecule has 9 heteroatoms. The number of carbonyl (C=O) groups is 1. The highest BCUT2D eigenvalue weighted by atomic mass is 32.2. The van der Waals surface area contributed by atoms with E-state index in [1.54, 1.807) is 11.1 Å². The number of benzene rings is 1. The molecule has 2 aromatic heterocycles. The van der Waals surface area contributed by atoms with Crippen molar-refractivity contribution in [1.29, 1.82) is 0 Å². The Morgan fingerprint density at radius 1 is 1.30 bits per heavy atom. The highest BCUT2D eigenvalue weighted by Crippen LogP contribution is 2.34. The number of aryl methyl sites for hydroxylation is 2. The standard InChI is InChI=1S/C21H24N4O3S2/c1-14-11-15(2)19-18(12-14)29-21(23-19)24(13-16-7-4-5-9-22-16)20(26)17-8-6-10-25(17)30(3,27)28/h4-5,7,9,11-12,17H,6,8,10,13H2,1-3H3. The molecule has 1 aliphatic rings. The van der Waals surface area contributed by atoms with Gasteiger partial charge < -0.3 is 0 Å². The van der Waals surface area contributed by atoms with Gasteiger partial charge in [-0.3, -0.25) is 14.7 Å². The van der Waals surface area contributed by atoms with Crippen molar-refractivity contribution < 1.29 is 13.2 Å². The molecule has 1 amide bonds. The summed E-state index contributed by atoms with van der Waals surface area (Å²) >= 11 is 1.45. The highest BCUT2D eigenvalue weighted by Gasteiger charge is 2.39. The number of rotatable bonds is 5. The lowest BCUT2D eigenvalue weighted by molar-refractivity contribution is -0.121. The number of hydrogen-bond donors (Lipinski definition) is 0. The maximum Gasteiger partial charge on any atom is 0.247 e. The van der Waals surface area contributed by atoms with Gasteiger partial charge in [-0.05, 0) is 56.0 Å². The number of thiazole rings is 1. The zero-order valence-electron chi connectivity index (χ0n) is 17.2. The maximum absolute atomic E-state index is 13.6. The minimum Gasteiger partial charge on any atom is -0.281 e. The van der Waals surface area contributed by atoms with Gasteiger partial charge in [0.05, 0.1) is 28.7 Å². The number of nitrogens with zero attached hydrogens (tertiary/aromatic N) is 4.